The van der Waals surface area contributed by atoms with Gasteiger partial charge in [0.15, 0.2) is 5.78 Å². The summed E-state index contributed by atoms with van der Waals surface area (Å²) < 4.78 is 0. The fraction of sp³-hybridized carbons (Fsp3) is 0.182. The van der Waals surface area contributed by atoms with Gasteiger partial charge in [0, 0.05) is 12.2 Å². The average molecular weight is 190 g/mol. The smallest absolute Gasteiger partial charge is 0.170 e. The number of allylic oxidation sites excluding steroid dienone is 1. The number of rotatable bonds is 1. The predicted octanol–water partition coefficient (Wildman–Crippen LogP) is 2.73. The summed E-state index contributed by atoms with van der Waals surface area (Å²) in [5.41, 5.74) is 1.11. The molecule has 1 saturated heterocycles. The van der Waals surface area contributed by atoms with E-state index in [-0.39, 0.29) is 5.78 Å². The first-order valence-electron chi connectivity index (χ1n) is 4.29. The molecule has 66 valence electrons. The molecule has 1 aromatic carbocycles. The second-order valence-corrected chi connectivity index (χ2v) is 4.08. The van der Waals surface area contributed by atoms with Crippen LogP contribution in [0.15, 0.2) is 35.2 Å². The Labute approximate surface area is 81.8 Å². The molecule has 0 saturated carbocycles. The van der Waals surface area contributed by atoms with Crippen LogP contribution >= 0.6 is 11.8 Å². The molecule has 0 radical (unpaired) electrons. The lowest BCUT2D eigenvalue weighted by molar-refractivity contribution is -0.114. The van der Waals surface area contributed by atoms with E-state index in [1.165, 1.54) is 0 Å². The van der Waals surface area contributed by atoms with Crippen molar-refractivity contribution in [2.75, 3.05) is 5.75 Å². The predicted molar refractivity (Wildman–Crippen MR) is 56.5 cm³/mol. The summed E-state index contributed by atoms with van der Waals surface area (Å²) in [6, 6.07) is 9.97. The molecular weight excluding hydrogens is 180 g/mol. The summed E-state index contributed by atoms with van der Waals surface area (Å²) in [6.07, 6.45) is 2.67. The number of carbonyl (C=O) groups excluding carboxylic acids is 1. The van der Waals surface area contributed by atoms with Gasteiger partial charge in [-0.1, -0.05) is 30.3 Å². The zero-order valence-electron chi connectivity index (χ0n) is 7.19. The van der Waals surface area contributed by atoms with Crippen LogP contribution in [0, 0.1) is 0 Å². The Morgan fingerprint density at radius 3 is 2.62 bits per heavy atom. The lowest BCUT2D eigenvalue weighted by Gasteiger charge is -1.94. The molecule has 1 aliphatic rings. The minimum atomic E-state index is 0.286. The highest BCUT2D eigenvalue weighted by Crippen LogP contribution is 2.28. The third kappa shape index (κ3) is 2.01. The maximum atomic E-state index is 11.3. The van der Waals surface area contributed by atoms with Crippen LogP contribution < -0.4 is 0 Å². The summed E-state index contributed by atoms with van der Waals surface area (Å²) in [5.74, 6) is 1.23. The molecule has 1 aliphatic heterocycles. The van der Waals surface area contributed by atoms with Crippen molar-refractivity contribution in [2.24, 2.45) is 0 Å². The van der Waals surface area contributed by atoms with Crippen LogP contribution in [-0.2, 0) is 4.79 Å². The molecule has 0 unspecified atom stereocenters. The molecule has 0 aliphatic carbocycles. The monoisotopic (exact) mass is 190 g/mol. The van der Waals surface area contributed by atoms with Crippen LogP contribution in [0.4, 0.5) is 0 Å². The molecule has 1 heterocycles. The van der Waals surface area contributed by atoms with Crippen LogP contribution in [0.25, 0.3) is 6.08 Å². The second kappa shape index (κ2) is 3.79. The lowest BCUT2D eigenvalue weighted by Crippen LogP contribution is -1.89. The van der Waals surface area contributed by atoms with Crippen molar-refractivity contribution >= 4 is 23.6 Å². The summed E-state index contributed by atoms with van der Waals surface area (Å²) in [7, 11) is 0. The third-order valence-corrected chi connectivity index (χ3v) is 3.02. The Kier molecular flexibility index (Phi) is 2.50. The Morgan fingerprint density at radius 2 is 2.00 bits per heavy atom. The van der Waals surface area contributed by atoms with Gasteiger partial charge in [-0.05, 0) is 11.6 Å². The SMILES string of the molecule is O=C1CCS/C1=C\c1ccccc1. The first-order valence-corrected chi connectivity index (χ1v) is 5.27. The van der Waals surface area contributed by atoms with Gasteiger partial charge in [-0.25, -0.2) is 0 Å². The second-order valence-electron chi connectivity index (χ2n) is 2.94. The number of hydrogen-bond acceptors (Lipinski definition) is 2. The molecule has 1 nitrogen and oxygen atoms in total. The van der Waals surface area contributed by atoms with Crippen LogP contribution in [0.5, 0.6) is 0 Å². The van der Waals surface area contributed by atoms with Gasteiger partial charge in [-0.2, -0.15) is 0 Å². The topological polar surface area (TPSA) is 17.1 Å². The van der Waals surface area contributed by atoms with Gasteiger partial charge in [0.25, 0.3) is 0 Å². The molecule has 0 spiro atoms. The van der Waals surface area contributed by atoms with Gasteiger partial charge < -0.3 is 0 Å². The van der Waals surface area contributed by atoms with Crippen molar-refractivity contribution in [2.45, 2.75) is 6.42 Å². The Bertz CT molecular complexity index is 340. The summed E-state index contributed by atoms with van der Waals surface area (Å²) in [4.78, 5) is 12.2. The number of hydrogen-bond donors (Lipinski definition) is 0. The van der Waals surface area contributed by atoms with E-state index in [0.29, 0.717) is 6.42 Å². The standard InChI is InChI=1S/C11H10OS/c12-10-6-7-13-11(10)8-9-4-2-1-3-5-9/h1-5,8H,6-7H2/b11-8-. The first kappa shape index (κ1) is 8.57. The van der Waals surface area contributed by atoms with E-state index >= 15 is 0 Å². The van der Waals surface area contributed by atoms with Gasteiger partial charge in [-0.3, -0.25) is 4.79 Å². The van der Waals surface area contributed by atoms with E-state index in [0.717, 1.165) is 16.2 Å². The highest BCUT2D eigenvalue weighted by Gasteiger charge is 2.16. The van der Waals surface area contributed by atoms with Crippen LogP contribution in [0.3, 0.4) is 0 Å². The molecule has 0 N–H and O–H groups in total. The van der Waals surface area contributed by atoms with Crippen LogP contribution in [0.2, 0.25) is 0 Å². The van der Waals surface area contributed by atoms with E-state index in [9.17, 15) is 4.79 Å². The summed E-state index contributed by atoms with van der Waals surface area (Å²) in [5, 5.41) is 0. The fourth-order valence-corrected chi connectivity index (χ4v) is 2.27. The summed E-state index contributed by atoms with van der Waals surface area (Å²) in [6.45, 7) is 0. The third-order valence-electron chi connectivity index (χ3n) is 1.96. The highest BCUT2D eigenvalue weighted by molar-refractivity contribution is 8.04. The average Bonchev–Trinajstić information content (AvgIpc) is 2.54. The molecule has 0 aromatic heterocycles. The van der Waals surface area contributed by atoms with Crippen LogP contribution in [-0.4, -0.2) is 11.5 Å². The number of Topliss-reactive ketones (excluding diaryl/α,β-unsaturated/α-hetero) is 1. The van der Waals surface area contributed by atoms with E-state index in [4.69, 9.17) is 0 Å². The Balaban J connectivity index is 2.25. The number of carbonyl (C=O) groups is 1. The van der Waals surface area contributed by atoms with Gasteiger partial charge >= 0.3 is 0 Å². The van der Waals surface area contributed by atoms with E-state index < -0.39 is 0 Å². The molecule has 2 heteroatoms. The summed E-state index contributed by atoms with van der Waals surface area (Å²) >= 11 is 1.66. The zero-order valence-corrected chi connectivity index (χ0v) is 8.01. The van der Waals surface area contributed by atoms with Gasteiger partial charge in [0.05, 0.1) is 4.91 Å². The quantitative estimate of drug-likeness (QED) is 0.633. The largest absolute Gasteiger partial charge is 0.294 e. The normalized spacial score (nSPS) is 19.7. The molecule has 0 bridgehead atoms. The van der Waals surface area contributed by atoms with Crippen molar-refractivity contribution in [3.63, 3.8) is 0 Å². The van der Waals surface area contributed by atoms with Gasteiger partial charge in [0.1, 0.15) is 0 Å². The molecule has 1 fully saturated rings. The zero-order chi connectivity index (χ0) is 9.10. The molecule has 13 heavy (non-hydrogen) atoms. The Morgan fingerprint density at radius 1 is 1.23 bits per heavy atom. The lowest BCUT2D eigenvalue weighted by atomic mass is 10.2. The van der Waals surface area contributed by atoms with E-state index in [2.05, 4.69) is 0 Å². The van der Waals surface area contributed by atoms with Crippen molar-refractivity contribution in [1.29, 1.82) is 0 Å². The van der Waals surface area contributed by atoms with Gasteiger partial charge in [-0.15, -0.1) is 11.8 Å². The molecular formula is C11H10OS. The molecule has 1 aromatic rings. The van der Waals surface area contributed by atoms with Crippen molar-refractivity contribution in [1.82, 2.24) is 0 Å². The van der Waals surface area contributed by atoms with E-state index in [1.54, 1.807) is 11.8 Å². The van der Waals surface area contributed by atoms with Crippen molar-refractivity contribution < 1.29 is 4.79 Å². The number of benzene rings is 1. The number of thioether (sulfide) groups is 1. The fourth-order valence-electron chi connectivity index (χ4n) is 1.28. The number of ketones is 1. The highest BCUT2D eigenvalue weighted by atomic mass is 32.2. The maximum absolute atomic E-state index is 11.3. The minimum Gasteiger partial charge on any atom is -0.294 e. The molecule has 2 rings (SSSR count). The van der Waals surface area contributed by atoms with Gasteiger partial charge in [0.2, 0.25) is 0 Å². The molecule has 0 atom stereocenters. The Hall–Kier alpha value is -1.02. The minimum absolute atomic E-state index is 0.286. The maximum Gasteiger partial charge on any atom is 0.170 e. The van der Waals surface area contributed by atoms with Crippen LogP contribution in [0.1, 0.15) is 12.0 Å². The van der Waals surface area contributed by atoms with E-state index in [1.807, 2.05) is 36.4 Å². The van der Waals surface area contributed by atoms with Crippen molar-refractivity contribution in [3.8, 4) is 0 Å². The van der Waals surface area contributed by atoms with Crippen molar-refractivity contribution in [3.05, 3.63) is 40.8 Å². The molecule has 0 amide bonds. The first-order chi connectivity index (χ1) is 6.36.